The van der Waals surface area contributed by atoms with E-state index in [4.69, 9.17) is 26.8 Å². The first kappa shape index (κ1) is 18.3. The topological polar surface area (TPSA) is 103 Å². The molecule has 1 heterocycles. The lowest BCUT2D eigenvalue weighted by atomic mass is 10.2. The van der Waals surface area contributed by atoms with Crippen LogP contribution in [0.3, 0.4) is 0 Å². The van der Waals surface area contributed by atoms with Crippen LogP contribution < -0.4 is 25.8 Å². The lowest BCUT2D eigenvalue weighted by Gasteiger charge is -2.20. The van der Waals surface area contributed by atoms with Gasteiger partial charge in [-0.1, -0.05) is 11.6 Å². The van der Waals surface area contributed by atoms with E-state index in [9.17, 15) is 9.59 Å². The minimum atomic E-state index is -0.382. The zero-order chi connectivity index (χ0) is 15.2. The molecule has 0 bridgehead atoms. The summed E-state index contributed by atoms with van der Waals surface area (Å²) in [5.74, 6) is 0.387. The molecule has 9 heteroatoms. The Bertz CT molecular complexity index is 554. The van der Waals surface area contributed by atoms with Crippen molar-refractivity contribution in [1.29, 1.82) is 0 Å². The van der Waals surface area contributed by atoms with Crippen LogP contribution >= 0.6 is 24.0 Å². The fourth-order valence-electron chi connectivity index (χ4n) is 1.78. The van der Waals surface area contributed by atoms with Crippen molar-refractivity contribution >= 4 is 35.8 Å². The number of carbonyl (C=O) groups is 2. The van der Waals surface area contributed by atoms with Gasteiger partial charge >= 0.3 is 0 Å². The molecule has 0 radical (unpaired) electrons. The first-order chi connectivity index (χ1) is 10.1. The van der Waals surface area contributed by atoms with Crippen LogP contribution in [-0.4, -0.2) is 38.1 Å². The molecule has 0 aromatic heterocycles. The second-order valence-electron chi connectivity index (χ2n) is 4.36. The van der Waals surface area contributed by atoms with E-state index in [2.05, 4.69) is 10.6 Å². The summed E-state index contributed by atoms with van der Waals surface area (Å²) in [5, 5.41) is 5.48. The van der Waals surface area contributed by atoms with Crippen molar-refractivity contribution in [3.63, 3.8) is 0 Å². The molecule has 0 spiro atoms. The Labute approximate surface area is 138 Å². The quantitative estimate of drug-likeness (QED) is 0.705. The van der Waals surface area contributed by atoms with Crippen LogP contribution in [0.2, 0.25) is 5.02 Å². The molecule has 1 aliphatic heterocycles. The Morgan fingerprint density at radius 3 is 2.64 bits per heavy atom. The van der Waals surface area contributed by atoms with Crippen LogP contribution in [0, 0.1) is 0 Å². The van der Waals surface area contributed by atoms with Gasteiger partial charge in [-0.2, -0.15) is 0 Å². The van der Waals surface area contributed by atoms with Gasteiger partial charge in [-0.05, 0) is 17.7 Å². The lowest BCUT2D eigenvalue weighted by Crippen LogP contribution is -2.39. The van der Waals surface area contributed by atoms with Gasteiger partial charge < -0.3 is 25.8 Å². The number of rotatable bonds is 5. The van der Waals surface area contributed by atoms with Crippen LogP contribution in [0.5, 0.6) is 11.5 Å². The molecule has 0 saturated heterocycles. The summed E-state index contributed by atoms with van der Waals surface area (Å²) in [6.45, 7) is 0.932. The number of hydrogen-bond acceptors (Lipinski definition) is 5. The lowest BCUT2D eigenvalue weighted by molar-refractivity contribution is -0.125. The van der Waals surface area contributed by atoms with Crippen molar-refractivity contribution in [1.82, 2.24) is 10.6 Å². The number of halogens is 2. The Kier molecular flexibility index (Phi) is 7.23. The highest BCUT2D eigenvalue weighted by atomic mass is 35.5. The van der Waals surface area contributed by atoms with Gasteiger partial charge in [0.25, 0.3) is 0 Å². The minimum absolute atomic E-state index is 0. The molecule has 0 saturated carbocycles. The predicted octanol–water partition coefficient (Wildman–Crippen LogP) is 0.224. The van der Waals surface area contributed by atoms with Crippen LogP contribution in [0.4, 0.5) is 0 Å². The molecule has 22 heavy (non-hydrogen) atoms. The molecule has 0 atom stereocenters. The van der Waals surface area contributed by atoms with E-state index in [1.54, 1.807) is 12.1 Å². The molecule has 1 aromatic rings. The molecule has 2 rings (SSSR count). The maximum atomic E-state index is 11.6. The van der Waals surface area contributed by atoms with E-state index in [1.165, 1.54) is 0 Å². The Morgan fingerprint density at radius 1 is 1.18 bits per heavy atom. The number of nitrogens with two attached hydrogens (primary N) is 1. The van der Waals surface area contributed by atoms with E-state index in [0.717, 1.165) is 5.56 Å². The van der Waals surface area contributed by atoms with E-state index in [1.807, 2.05) is 0 Å². The molecule has 0 unspecified atom stereocenters. The molecule has 2 amide bonds. The van der Waals surface area contributed by atoms with Crippen molar-refractivity contribution in [2.45, 2.75) is 6.54 Å². The predicted molar refractivity (Wildman–Crippen MR) is 83.6 cm³/mol. The van der Waals surface area contributed by atoms with Gasteiger partial charge in [-0.25, -0.2) is 0 Å². The van der Waals surface area contributed by atoms with Crippen molar-refractivity contribution in [3.8, 4) is 11.5 Å². The fraction of sp³-hybridized carbons (Fsp3) is 0.385. The average Bonchev–Trinajstić information content (AvgIpc) is 2.50. The normalized spacial score (nSPS) is 12.1. The molecule has 1 aliphatic rings. The number of fused-ring (bicyclic) bond motifs is 1. The highest BCUT2D eigenvalue weighted by molar-refractivity contribution is 6.32. The number of amides is 2. The maximum Gasteiger partial charge on any atom is 0.239 e. The fourth-order valence-corrected chi connectivity index (χ4v) is 2.07. The summed E-state index contributed by atoms with van der Waals surface area (Å²) in [5.41, 5.74) is 5.90. The SMILES string of the molecule is Cl.NCC(=O)NCC(=O)NCc1cc(Cl)c2c(c1)OCCO2. The third-order valence-corrected chi connectivity index (χ3v) is 3.06. The van der Waals surface area contributed by atoms with Crippen molar-refractivity contribution in [2.75, 3.05) is 26.3 Å². The smallest absolute Gasteiger partial charge is 0.239 e. The average molecular weight is 350 g/mol. The molecule has 0 fully saturated rings. The third-order valence-electron chi connectivity index (χ3n) is 2.78. The molecular formula is C13H17Cl2N3O4. The second kappa shape index (κ2) is 8.67. The minimum Gasteiger partial charge on any atom is -0.486 e. The monoisotopic (exact) mass is 349 g/mol. The Balaban J connectivity index is 0.00000242. The summed E-state index contributed by atoms with van der Waals surface area (Å²) >= 11 is 6.10. The molecule has 122 valence electrons. The van der Waals surface area contributed by atoms with Gasteiger partial charge in [-0.15, -0.1) is 12.4 Å². The van der Waals surface area contributed by atoms with Gasteiger partial charge in [0.1, 0.15) is 13.2 Å². The van der Waals surface area contributed by atoms with E-state index < -0.39 is 0 Å². The first-order valence-electron chi connectivity index (χ1n) is 6.41. The summed E-state index contributed by atoms with van der Waals surface area (Å²) in [6, 6.07) is 3.47. The van der Waals surface area contributed by atoms with Gasteiger partial charge in [0.15, 0.2) is 11.5 Å². The third kappa shape index (κ3) is 4.94. The van der Waals surface area contributed by atoms with E-state index >= 15 is 0 Å². The number of ether oxygens (including phenoxy) is 2. The van der Waals surface area contributed by atoms with Gasteiger partial charge in [0.2, 0.25) is 11.8 Å². The summed E-state index contributed by atoms with van der Waals surface area (Å²) in [7, 11) is 0. The van der Waals surface area contributed by atoms with Crippen molar-refractivity contribution in [3.05, 3.63) is 22.7 Å². The first-order valence-corrected chi connectivity index (χ1v) is 6.79. The van der Waals surface area contributed by atoms with Crippen LogP contribution in [0.15, 0.2) is 12.1 Å². The van der Waals surface area contributed by atoms with E-state index in [-0.39, 0.29) is 43.9 Å². The van der Waals surface area contributed by atoms with Crippen molar-refractivity contribution in [2.24, 2.45) is 5.73 Å². The Hall–Kier alpha value is -1.70. The van der Waals surface area contributed by atoms with Crippen molar-refractivity contribution < 1.29 is 19.1 Å². The summed E-state index contributed by atoms with van der Waals surface area (Å²) in [6.07, 6.45) is 0. The van der Waals surface area contributed by atoms with E-state index in [0.29, 0.717) is 29.7 Å². The summed E-state index contributed by atoms with van der Waals surface area (Å²) < 4.78 is 10.9. The molecule has 1 aromatic carbocycles. The number of benzene rings is 1. The molecule has 7 nitrogen and oxygen atoms in total. The van der Waals surface area contributed by atoms with Gasteiger partial charge in [0.05, 0.1) is 18.1 Å². The zero-order valence-electron chi connectivity index (χ0n) is 11.7. The van der Waals surface area contributed by atoms with Gasteiger partial charge in [-0.3, -0.25) is 9.59 Å². The Morgan fingerprint density at radius 2 is 1.91 bits per heavy atom. The van der Waals surface area contributed by atoms with Crippen LogP contribution in [0.25, 0.3) is 0 Å². The zero-order valence-corrected chi connectivity index (χ0v) is 13.3. The second-order valence-corrected chi connectivity index (χ2v) is 4.77. The molecule has 0 aliphatic carbocycles. The molecular weight excluding hydrogens is 333 g/mol. The van der Waals surface area contributed by atoms with Crippen LogP contribution in [-0.2, 0) is 16.1 Å². The van der Waals surface area contributed by atoms with Gasteiger partial charge in [0, 0.05) is 6.54 Å². The largest absolute Gasteiger partial charge is 0.486 e. The highest BCUT2D eigenvalue weighted by Crippen LogP contribution is 2.38. The maximum absolute atomic E-state index is 11.6. The van der Waals surface area contributed by atoms with Crippen LogP contribution in [0.1, 0.15) is 5.56 Å². The highest BCUT2D eigenvalue weighted by Gasteiger charge is 2.16. The molecule has 4 N–H and O–H groups in total. The standard InChI is InChI=1S/C13H16ClN3O4.ClH/c14-9-3-8(4-10-13(9)21-2-1-20-10)6-16-12(19)7-17-11(18)5-15;/h3-4H,1-2,5-7,15H2,(H,16,19)(H,17,18);1H. The summed E-state index contributed by atoms with van der Waals surface area (Å²) in [4.78, 5) is 22.5. The number of hydrogen-bond donors (Lipinski definition) is 3. The number of carbonyl (C=O) groups excluding carboxylic acids is 2. The number of nitrogens with one attached hydrogen (secondary N) is 2.